The number of aromatic nitrogens is 3. The standard InChI is InChI=1S/C13H16N4O2/c1-8-4-3-5-17(8)11-9-7-15-16(2)12(9)14-6-10(11)13(18)19/h6-8H,3-5H2,1-2H3,(H,18,19). The van der Waals surface area contributed by atoms with Gasteiger partial charge in [0.2, 0.25) is 0 Å². The third-order valence-corrected chi connectivity index (χ3v) is 3.80. The van der Waals surface area contributed by atoms with Crippen LogP contribution < -0.4 is 4.90 Å². The largest absolute Gasteiger partial charge is 0.478 e. The third-order valence-electron chi connectivity index (χ3n) is 3.80. The molecule has 1 unspecified atom stereocenters. The van der Waals surface area contributed by atoms with Gasteiger partial charge in [0.25, 0.3) is 0 Å². The third kappa shape index (κ3) is 1.75. The van der Waals surface area contributed by atoms with E-state index in [1.807, 2.05) is 7.05 Å². The summed E-state index contributed by atoms with van der Waals surface area (Å²) in [4.78, 5) is 17.8. The summed E-state index contributed by atoms with van der Waals surface area (Å²) in [6.07, 6.45) is 5.31. The molecular weight excluding hydrogens is 244 g/mol. The van der Waals surface area contributed by atoms with Gasteiger partial charge in [0.1, 0.15) is 5.56 Å². The van der Waals surface area contributed by atoms with Gasteiger partial charge >= 0.3 is 5.97 Å². The van der Waals surface area contributed by atoms with Crippen LogP contribution in [0.3, 0.4) is 0 Å². The van der Waals surface area contributed by atoms with Crippen LogP contribution in [0, 0.1) is 0 Å². The van der Waals surface area contributed by atoms with Crippen LogP contribution in [-0.2, 0) is 7.05 Å². The van der Waals surface area contributed by atoms with E-state index in [-0.39, 0.29) is 5.56 Å². The minimum Gasteiger partial charge on any atom is -0.478 e. The van der Waals surface area contributed by atoms with E-state index in [2.05, 4.69) is 21.9 Å². The minimum absolute atomic E-state index is 0.259. The normalized spacial score (nSPS) is 19.3. The van der Waals surface area contributed by atoms with Gasteiger partial charge in [0, 0.05) is 25.8 Å². The number of fused-ring (bicyclic) bond motifs is 1. The fourth-order valence-electron chi connectivity index (χ4n) is 2.81. The highest BCUT2D eigenvalue weighted by molar-refractivity contribution is 6.03. The van der Waals surface area contributed by atoms with E-state index in [1.54, 1.807) is 10.9 Å². The van der Waals surface area contributed by atoms with Crippen molar-refractivity contribution in [3.05, 3.63) is 18.0 Å². The molecule has 1 fully saturated rings. The van der Waals surface area contributed by atoms with E-state index in [4.69, 9.17) is 0 Å². The minimum atomic E-state index is -0.938. The molecule has 0 amide bonds. The highest BCUT2D eigenvalue weighted by Gasteiger charge is 2.27. The van der Waals surface area contributed by atoms with Crippen LogP contribution >= 0.6 is 0 Å². The second-order valence-electron chi connectivity index (χ2n) is 5.02. The fraction of sp³-hybridized carbons (Fsp3) is 0.462. The number of hydrogen-bond donors (Lipinski definition) is 1. The van der Waals surface area contributed by atoms with E-state index in [0.29, 0.717) is 6.04 Å². The van der Waals surface area contributed by atoms with E-state index >= 15 is 0 Å². The van der Waals surface area contributed by atoms with Gasteiger partial charge in [-0.1, -0.05) is 0 Å². The summed E-state index contributed by atoms with van der Waals surface area (Å²) in [5, 5.41) is 14.4. The lowest BCUT2D eigenvalue weighted by Crippen LogP contribution is -2.28. The molecule has 1 aliphatic rings. The lowest BCUT2D eigenvalue weighted by atomic mass is 10.1. The summed E-state index contributed by atoms with van der Waals surface area (Å²) < 4.78 is 1.67. The first-order chi connectivity index (χ1) is 9.09. The molecule has 0 radical (unpaired) electrons. The number of pyridine rings is 1. The van der Waals surface area contributed by atoms with Crippen molar-refractivity contribution >= 4 is 22.7 Å². The maximum absolute atomic E-state index is 11.4. The zero-order chi connectivity index (χ0) is 13.6. The van der Waals surface area contributed by atoms with E-state index in [0.717, 1.165) is 36.1 Å². The number of nitrogens with zero attached hydrogens (tertiary/aromatic N) is 4. The van der Waals surface area contributed by atoms with Crippen molar-refractivity contribution in [3.63, 3.8) is 0 Å². The van der Waals surface area contributed by atoms with Gasteiger partial charge < -0.3 is 10.0 Å². The van der Waals surface area contributed by atoms with Gasteiger partial charge in [-0.25, -0.2) is 9.78 Å². The van der Waals surface area contributed by atoms with E-state index in [9.17, 15) is 9.90 Å². The first kappa shape index (κ1) is 12.0. The Labute approximate surface area is 110 Å². The molecule has 6 heteroatoms. The van der Waals surface area contributed by atoms with Crippen LogP contribution in [0.25, 0.3) is 11.0 Å². The Morgan fingerprint density at radius 1 is 1.47 bits per heavy atom. The van der Waals surface area contributed by atoms with Crippen LogP contribution in [0.1, 0.15) is 30.1 Å². The molecule has 0 aromatic carbocycles. The van der Waals surface area contributed by atoms with Crippen LogP contribution in [-0.4, -0.2) is 38.4 Å². The van der Waals surface area contributed by atoms with E-state index < -0.39 is 5.97 Å². The first-order valence-electron chi connectivity index (χ1n) is 6.40. The average Bonchev–Trinajstić information content (AvgIpc) is 2.95. The van der Waals surface area contributed by atoms with Crippen LogP contribution in [0.2, 0.25) is 0 Å². The van der Waals surface area contributed by atoms with Crippen molar-refractivity contribution in [2.24, 2.45) is 7.05 Å². The number of rotatable bonds is 2. The Bertz CT molecular complexity index is 649. The van der Waals surface area contributed by atoms with Gasteiger partial charge in [-0.15, -0.1) is 0 Å². The molecule has 19 heavy (non-hydrogen) atoms. The summed E-state index contributed by atoms with van der Waals surface area (Å²) in [7, 11) is 1.81. The zero-order valence-corrected chi connectivity index (χ0v) is 11.0. The molecule has 6 nitrogen and oxygen atoms in total. The monoisotopic (exact) mass is 260 g/mol. The average molecular weight is 260 g/mol. The smallest absolute Gasteiger partial charge is 0.339 e. The summed E-state index contributed by atoms with van der Waals surface area (Å²) in [6.45, 7) is 3.01. The first-order valence-corrected chi connectivity index (χ1v) is 6.40. The lowest BCUT2D eigenvalue weighted by Gasteiger charge is -2.25. The molecule has 1 aliphatic heterocycles. The number of aromatic carboxylic acids is 1. The Balaban J connectivity index is 2.28. The quantitative estimate of drug-likeness (QED) is 0.889. The number of hydrogen-bond acceptors (Lipinski definition) is 4. The number of carboxylic acid groups (broad SMARTS) is 1. The summed E-state index contributed by atoms with van der Waals surface area (Å²) >= 11 is 0. The molecule has 100 valence electrons. The Morgan fingerprint density at radius 2 is 2.26 bits per heavy atom. The van der Waals surface area contributed by atoms with Crippen molar-refractivity contribution in [2.45, 2.75) is 25.8 Å². The van der Waals surface area contributed by atoms with Crippen molar-refractivity contribution in [1.29, 1.82) is 0 Å². The predicted molar refractivity (Wildman–Crippen MR) is 71.5 cm³/mol. The summed E-state index contributed by atoms with van der Waals surface area (Å²) in [6, 6.07) is 0.351. The molecule has 0 aliphatic carbocycles. The van der Waals surface area contributed by atoms with Crippen molar-refractivity contribution in [2.75, 3.05) is 11.4 Å². The van der Waals surface area contributed by atoms with Gasteiger partial charge in [-0.05, 0) is 19.8 Å². The van der Waals surface area contributed by atoms with E-state index in [1.165, 1.54) is 6.20 Å². The van der Waals surface area contributed by atoms with Gasteiger partial charge in [-0.3, -0.25) is 4.68 Å². The highest BCUT2D eigenvalue weighted by atomic mass is 16.4. The fourth-order valence-corrected chi connectivity index (χ4v) is 2.81. The lowest BCUT2D eigenvalue weighted by molar-refractivity contribution is 0.0697. The Kier molecular flexibility index (Phi) is 2.66. The zero-order valence-electron chi connectivity index (χ0n) is 11.0. The van der Waals surface area contributed by atoms with Crippen molar-refractivity contribution in [3.8, 4) is 0 Å². The Hall–Kier alpha value is -2.11. The SMILES string of the molecule is CC1CCCN1c1c(C(=O)O)cnc2c1cnn2C. The molecular formula is C13H16N4O2. The maximum atomic E-state index is 11.4. The molecule has 3 heterocycles. The van der Waals surface area contributed by atoms with Gasteiger partial charge in [0.15, 0.2) is 5.65 Å². The van der Waals surface area contributed by atoms with Crippen LogP contribution in [0.15, 0.2) is 12.4 Å². The van der Waals surface area contributed by atoms with Crippen molar-refractivity contribution in [1.82, 2.24) is 14.8 Å². The predicted octanol–water partition coefficient (Wildman–Crippen LogP) is 1.66. The van der Waals surface area contributed by atoms with Gasteiger partial charge in [0.05, 0.1) is 17.3 Å². The topological polar surface area (TPSA) is 71.2 Å². The second-order valence-corrected chi connectivity index (χ2v) is 5.02. The molecule has 1 atom stereocenters. The molecule has 2 aromatic rings. The van der Waals surface area contributed by atoms with Gasteiger partial charge in [-0.2, -0.15) is 5.10 Å². The van der Waals surface area contributed by atoms with Crippen molar-refractivity contribution < 1.29 is 9.90 Å². The molecule has 0 saturated carbocycles. The molecule has 3 rings (SSSR count). The molecule has 0 spiro atoms. The number of aryl methyl sites for hydroxylation is 1. The molecule has 1 saturated heterocycles. The summed E-state index contributed by atoms with van der Waals surface area (Å²) in [5.41, 5.74) is 1.74. The van der Waals surface area contributed by atoms with Crippen LogP contribution in [0.4, 0.5) is 5.69 Å². The summed E-state index contributed by atoms with van der Waals surface area (Å²) in [5.74, 6) is -0.938. The highest BCUT2D eigenvalue weighted by Crippen LogP contribution is 2.34. The Morgan fingerprint density at radius 3 is 2.89 bits per heavy atom. The molecule has 0 bridgehead atoms. The number of carbonyl (C=O) groups is 1. The molecule has 1 N–H and O–H groups in total. The number of carboxylic acids is 1. The number of anilines is 1. The second kappa shape index (κ2) is 4.22. The van der Waals surface area contributed by atoms with Crippen LogP contribution in [0.5, 0.6) is 0 Å². The molecule has 2 aromatic heterocycles. The maximum Gasteiger partial charge on any atom is 0.339 e.